The molecule has 0 aliphatic rings. The van der Waals surface area contributed by atoms with Gasteiger partial charge in [0.25, 0.3) is 0 Å². The fourth-order valence-corrected chi connectivity index (χ4v) is 1.43. The molecule has 0 bridgehead atoms. The zero-order chi connectivity index (χ0) is 10.8. The van der Waals surface area contributed by atoms with E-state index in [2.05, 4.69) is 23.9 Å². The molecular weight excluding hydrogens is 178 g/mol. The van der Waals surface area contributed by atoms with Crippen molar-refractivity contribution >= 4 is 5.84 Å². The van der Waals surface area contributed by atoms with Crippen molar-refractivity contribution < 1.29 is 5.21 Å². The molecule has 0 aromatic rings. The maximum Gasteiger partial charge on any atom is 0.153 e. The number of nitrogens with zero attached hydrogens (tertiary/aromatic N) is 2. The van der Waals surface area contributed by atoms with Crippen molar-refractivity contribution in [1.82, 2.24) is 4.90 Å². The van der Waals surface area contributed by atoms with Gasteiger partial charge in [-0.05, 0) is 25.9 Å². The van der Waals surface area contributed by atoms with Crippen LogP contribution in [0.25, 0.3) is 0 Å². The topological polar surface area (TPSA) is 61.8 Å². The highest BCUT2D eigenvalue weighted by atomic mass is 16.4. The number of hydrogen-bond donors (Lipinski definition) is 2. The average molecular weight is 201 g/mol. The minimum absolute atomic E-state index is 0.301. The van der Waals surface area contributed by atoms with E-state index in [0.29, 0.717) is 12.4 Å². The molecule has 0 radical (unpaired) electrons. The van der Waals surface area contributed by atoms with Gasteiger partial charge in [0.15, 0.2) is 5.84 Å². The Hall–Kier alpha value is -0.770. The predicted octanol–water partition coefficient (Wildman–Crippen LogP) is 1.63. The van der Waals surface area contributed by atoms with Crippen LogP contribution in [0.2, 0.25) is 0 Å². The molecule has 0 unspecified atom stereocenters. The van der Waals surface area contributed by atoms with Crippen molar-refractivity contribution in [3.8, 4) is 0 Å². The van der Waals surface area contributed by atoms with Crippen LogP contribution in [0.5, 0.6) is 0 Å². The van der Waals surface area contributed by atoms with Gasteiger partial charge in [-0.3, -0.25) is 4.90 Å². The first kappa shape index (κ1) is 13.2. The third-order valence-electron chi connectivity index (χ3n) is 2.13. The molecule has 0 aromatic carbocycles. The highest BCUT2D eigenvalue weighted by Gasteiger charge is 2.05. The molecule has 0 atom stereocenters. The summed E-state index contributed by atoms with van der Waals surface area (Å²) < 4.78 is 0. The molecule has 0 rings (SSSR count). The molecule has 3 N–H and O–H groups in total. The largest absolute Gasteiger partial charge is 0.409 e. The first-order valence-electron chi connectivity index (χ1n) is 5.43. The van der Waals surface area contributed by atoms with Crippen LogP contribution in [0.3, 0.4) is 0 Å². The van der Waals surface area contributed by atoms with Gasteiger partial charge in [0, 0.05) is 0 Å². The highest BCUT2D eigenvalue weighted by Crippen LogP contribution is 1.99. The molecule has 0 spiro atoms. The average Bonchev–Trinajstić information content (AvgIpc) is 2.18. The lowest BCUT2D eigenvalue weighted by atomic mass is 10.2. The summed E-state index contributed by atoms with van der Waals surface area (Å²) in [5.74, 6) is 0.301. The van der Waals surface area contributed by atoms with Gasteiger partial charge in [-0.1, -0.05) is 31.8 Å². The molecule has 0 aliphatic carbocycles. The normalized spacial score (nSPS) is 12.4. The Morgan fingerprint density at radius 2 is 1.93 bits per heavy atom. The molecule has 4 nitrogen and oxygen atoms in total. The van der Waals surface area contributed by atoms with Gasteiger partial charge in [0.2, 0.25) is 0 Å². The number of amidine groups is 1. The van der Waals surface area contributed by atoms with Gasteiger partial charge in [-0.25, -0.2) is 0 Å². The lowest BCUT2D eigenvalue weighted by Gasteiger charge is -2.20. The van der Waals surface area contributed by atoms with Crippen molar-refractivity contribution in [1.29, 1.82) is 0 Å². The Balaban J connectivity index is 3.76. The summed E-state index contributed by atoms with van der Waals surface area (Å²) in [7, 11) is 0. The van der Waals surface area contributed by atoms with Crippen LogP contribution in [0.15, 0.2) is 5.16 Å². The minimum atomic E-state index is 0.301. The predicted molar refractivity (Wildman–Crippen MR) is 59.7 cm³/mol. The van der Waals surface area contributed by atoms with Crippen LogP contribution >= 0.6 is 0 Å². The number of nitrogens with two attached hydrogens (primary N) is 1. The number of hydrogen-bond acceptors (Lipinski definition) is 3. The van der Waals surface area contributed by atoms with Crippen molar-refractivity contribution in [3.63, 3.8) is 0 Å². The summed E-state index contributed by atoms with van der Waals surface area (Å²) in [6, 6.07) is 0. The van der Waals surface area contributed by atoms with Gasteiger partial charge in [0.1, 0.15) is 0 Å². The zero-order valence-electron chi connectivity index (χ0n) is 9.37. The first-order valence-corrected chi connectivity index (χ1v) is 5.43. The van der Waals surface area contributed by atoms with Crippen LogP contribution < -0.4 is 5.73 Å². The van der Waals surface area contributed by atoms with E-state index in [4.69, 9.17) is 10.9 Å². The second-order valence-corrected chi connectivity index (χ2v) is 3.57. The number of unbranched alkanes of at least 4 members (excludes halogenated alkanes) is 2. The van der Waals surface area contributed by atoms with Crippen LogP contribution in [-0.2, 0) is 0 Å². The van der Waals surface area contributed by atoms with E-state index >= 15 is 0 Å². The van der Waals surface area contributed by atoms with Gasteiger partial charge < -0.3 is 10.9 Å². The summed E-state index contributed by atoms with van der Waals surface area (Å²) in [5, 5.41) is 11.5. The molecule has 0 heterocycles. The molecule has 4 heteroatoms. The quantitative estimate of drug-likeness (QED) is 0.206. The second-order valence-electron chi connectivity index (χ2n) is 3.57. The number of oxime groups is 1. The summed E-state index contributed by atoms with van der Waals surface area (Å²) in [4.78, 5) is 2.23. The molecular formula is C10H23N3O. The third kappa shape index (κ3) is 6.71. The van der Waals surface area contributed by atoms with E-state index in [1.807, 2.05) is 0 Å². The van der Waals surface area contributed by atoms with E-state index in [-0.39, 0.29) is 0 Å². The fraction of sp³-hybridized carbons (Fsp3) is 0.900. The highest BCUT2D eigenvalue weighted by molar-refractivity contribution is 5.81. The van der Waals surface area contributed by atoms with Crippen molar-refractivity contribution in [2.75, 3.05) is 19.6 Å². The van der Waals surface area contributed by atoms with Crippen molar-refractivity contribution in [3.05, 3.63) is 0 Å². The van der Waals surface area contributed by atoms with Gasteiger partial charge >= 0.3 is 0 Å². The third-order valence-corrected chi connectivity index (χ3v) is 2.13. The van der Waals surface area contributed by atoms with Crippen LogP contribution in [0.1, 0.15) is 39.5 Å². The SMILES string of the molecule is CCCCCN(CCC)CC(N)=NO. The Morgan fingerprint density at radius 3 is 2.43 bits per heavy atom. The molecule has 14 heavy (non-hydrogen) atoms. The maximum atomic E-state index is 8.46. The molecule has 0 aromatic heterocycles. The molecule has 0 saturated heterocycles. The standard InChI is InChI=1S/C10H23N3O/c1-3-5-6-8-13(7-4-2)9-10(11)12-14/h14H,3-9H2,1-2H3,(H2,11,12). The monoisotopic (exact) mass is 201 g/mol. The van der Waals surface area contributed by atoms with E-state index in [0.717, 1.165) is 19.5 Å². The molecule has 0 fully saturated rings. The van der Waals surface area contributed by atoms with Crippen molar-refractivity contribution in [2.45, 2.75) is 39.5 Å². The van der Waals surface area contributed by atoms with Gasteiger partial charge in [-0.2, -0.15) is 0 Å². The maximum absolute atomic E-state index is 8.46. The molecule has 0 amide bonds. The Morgan fingerprint density at radius 1 is 1.21 bits per heavy atom. The zero-order valence-corrected chi connectivity index (χ0v) is 9.37. The van der Waals surface area contributed by atoms with E-state index < -0.39 is 0 Å². The summed E-state index contributed by atoms with van der Waals surface area (Å²) in [6.45, 7) is 6.96. The summed E-state index contributed by atoms with van der Waals surface area (Å²) in [5.41, 5.74) is 5.47. The second kappa shape index (κ2) is 8.81. The summed E-state index contributed by atoms with van der Waals surface area (Å²) >= 11 is 0. The van der Waals surface area contributed by atoms with E-state index in [9.17, 15) is 0 Å². The van der Waals surface area contributed by atoms with Crippen LogP contribution in [0.4, 0.5) is 0 Å². The molecule has 84 valence electrons. The molecule has 0 saturated carbocycles. The fourth-order valence-electron chi connectivity index (χ4n) is 1.43. The van der Waals surface area contributed by atoms with Crippen molar-refractivity contribution in [2.24, 2.45) is 10.9 Å². The lowest BCUT2D eigenvalue weighted by Crippen LogP contribution is -2.35. The number of rotatable bonds is 8. The Kier molecular flexibility index (Phi) is 8.33. The Bertz CT molecular complexity index is 159. The van der Waals surface area contributed by atoms with Gasteiger partial charge in [0.05, 0.1) is 6.54 Å². The minimum Gasteiger partial charge on any atom is -0.409 e. The van der Waals surface area contributed by atoms with Gasteiger partial charge in [-0.15, -0.1) is 0 Å². The smallest absolute Gasteiger partial charge is 0.153 e. The van der Waals surface area contributed by atoms with Crippen LogP contribution in [-0.4, -0.2) is 35.6 Å². The Labute approximate surface area is 86.8 Å². The lowest BCUT2D eigenvalue weighted by molar-refractivity contribution is 0.287. The summed E-state index contributed by atoms with van der Waals surface area (Å²) in [6.07, 6.45) is 4.76. The van der Waals surface area contributed by atoms with Crippen LogP contribution in [0, 0.1) is 0 Å². The molecule has 0 aliphatic heterocycles. The van der Waals surface area contributed by atoms with E-state index in [1.165, 1.54) is 19.3 Å². The first-order chi connectivity index (χ1) is 6.74. The van der Waals surface area contributed by atoms with E-state index in [1.54, 1.807) is 0 Å².